The van der Waals surface area contributed by atoms with E-state index in [2.05, 4.69) is 32.2 Å². The second kappa shape index (κ2) is 7.29. The molecule has 0 aliphatic rings. The van der Waals surface area contributed by atoms with Crippen LogP contribution in [0.25, 0.3) is 10.9 Å². The average Bonchev–Trinajstić information content (AvgIpc) is 3.02. The zero-order chi connectivity index (χ0) is 17.8. The van der Waals surface area contributed by atoms with E-state index >= 15 is 0 Å². The van der Waals surface area contributed by atoms with Crippen molar-refractivity contribution in [1.29, 1.82) is 0 Å². The normalized spacial score (nSPS) is 10.8. The molecule has 0 aliphatic carbocycles. The summed E-state index contributed by atoms with van der Waals surface area (Å²) in [4.78, 5) is 17.1. The summed E-state index contributed by atoms with van der Waals surface area (Å²) in [5, 5.41) is 11.0. The van der Waals surface area contributed by atoms with Gasteiger partial charge in [0.2, 0.25) is 0 Å². The molecule has 0 saturated carbocycles. The SMILES string of the molecule is CCc1ccc2nc(C)cc(C(=O)NCCOc3nonc3C)c2c1. The molecule has 2 heterocycles. The molecule has 3 aromatic rings. The van der Waals surface area contributed by atoms with Crippen LogP contribution in [0, 0.1) is 13.8 Å². The third-order valence-electron chi connectivity index (χ3n) is 3.89. The highest BCUT2D eigenvalue weighted by atomic mass is 16.6. The Labute approximate surface area is 145 Å². The smallest absolute Gasteiger partial charge is 0.278 e. The van der Waals surface area contributed by atoms with Crippen LogP contribution in [-0.2, 0) is 6.42 Å². The van der Waals surface area contributed by atoms with Gasteiger partial charge in [0.25, 0.3) is 11.8 Å². The van der Waals surface area contributed by atoms with E-state index in [1.165, 1.54) is 5.56 Å². The first-order chi connectivity index (χ1) is 12.1. The summed E-state index contributed by atoms with van der Waals surface area (Å²) in [6.07, 6.45) is 0.907. The summed E-state index contributed by atoms with van der Waals surface area (Å²) in [5.41, 5.74) is 4.00. The quantitative estimate of drug-likeness (QED) is 0.694. The van der Waals surface area contributed by atoms with Crippen molar-refractivity contribution in [3.8, 4) is 5.88 Å². The van der Waals surface area contributed by atoms with Gasteiger partial charge in [0.1, 0.15) is 12.3 Å². The molecule has 25 heavy (non-hydrogen) atoms. The highest BCUT2D eigenvalue weighted by Gasteiger charge is 2.13. The number of aromatic nitrogens is 3. The van der Waals surface area contributed by atoms with Crippen LogP contribution < -0.4 is 10.1 Å². The number of hydrogen-bond acceptors (Lipinski definition) is 6. The van der Waals surface area contributed by atoms with Gasteiger partial charge in [0.05, 0.1) is 17.6 Å². The second-order valence-electron chi connectivity index (χ2n) is 5.78. The van der Waals surface area contributed by atoms with Crippen LogP contribution in [0.5, 0.6) is 5.88 Å². The van der Waals surface area contributed by atoms with E-state index in [9.17, 15) is 4.79 Å². The van der Waals surface area contributed by atoms with Gasteiger partial charge in [0, 0.05) is 11.1 Å². The van der Waals surface area contributed by atoms with Gasteiger partial charge in [-0.1, -0.05) is 18.1 Å². The minimum absolute atomic E-state index is 0.151. The van der Waals surface area contributed by atoms with Crippen LogP contribution in [0.1, 0.15) is 34.2 Å². The lowest BCUT2D eigenvalue weighted by Gasteiger charge is -2.10. The van der Waals surface area contributed by atoms with Crippen molar-refractivity contribution in [2.75, 3.05) is 13.2 Å². The van der Waals surface area contributed by atoms with E-state index in [-0.39, 0.29) is 12.5 Å². The van der Waals surface area contributed by atoms with E-state index in [0.29, 0.717) is 23.7 Å². The Balaban J connectivity index is 1.71. The third kappa shape index (κ3) is 3.76. The number of ether oxygens (including phenoxy) is 1. The number of carbonyl (C=O) groups is 1. The van der Waals surface area contributed by atoms with E-state index in [4.69, 9.17) is 4.74 Å². The summed E-state index contributed by atoms with van der Waals surface area (Å²) < 4.78 is 9.97. The maximum absolute atomic E-state index is 12.6. The first-order valence-electron chi connectivity index (χ1n) is 8.19. The van der Waals surface area contributed by atoms with Crippen LogP contribution in [0.15, 0.2) is 28.9 Å². The Hall–Kier alpha value is -2.96. The zero-order valence-electron chi connectivity index (χ0n) is 14.5. The molecule has 0 unspecified atom stereocenters. The van der Waals surface area contributed by atoms with Crippen molar-refractivity contribution in [2.24, 2.45) is 0 Å². The van der Waals surface area contributed by atoms with Gasteiger partial charge in [-0.15, -0.1) is 0 Å². The molecule has 0 saturated heterocycles. The second-order valence-corrected chi connectivity index (χ2v) is 5.78. The topological polar surface area (TPSA) is 90.1 Å². The molecule has 0 aliphatic heterocycles. The molecule has 3 rings (SSSR count). The van der Waals surface area contributed by atoms with Crippen molar-refractivity contribution < 1.29 is 14.2 Å². The Kier molecular flexibility index (Phi) is 4.92. The molecule has 1 aromatic carbocycles. The molecule has 7 heteroatoms. The standard InChI is InChI=1S/C18H20N4O3/c1-4-13-5-6-16-14(10-13)15(9-11(2)20-16)17(23)19-7-8-24-18-12(3)21-25-22-18/h5-6,9-10H,4,7-8H2,1-3H3,(H,19,23). The zero-order valence-corrected chi connectivity index (χ0v) is 14.5. The van der Waals surface area contributed by atoms with E-state index in [0.717, 1.165) is 23.0 Å². The van der Waals surface area contributed by atoms with Crippen LogP contribution in [0.4, 0.5) is 0 Å². The summed E-state index contributed by atoms with van der Waals surface area (Å²) in [5.74, 6) is 0.189. The minimum Gasteiger partial charge on any atom is -0.472 e. The fourth-order valence-corrected chi connectivity index (χ4v) is 2.58. The van der Waals surface area contributed by atoms with E-state index in [1.807, 2.05) is 31.2 Å². The van der Waals surface area contributed by atoms with Crippen molar-refractivity contribution in [3.05, 3.63) is 46.8 Å². The lowest BCUT2D eigenvalue weighted by molar-refractivity contribution is 0.0947. The van der Waals surface area contributed by atoms with Gasteiger partial charge < -0.3 is 10.1 Å². The highest BCUT2D eigenvalue weighted by molar-refractivity contribution is 6.06. The number of hydrogen-bond donors (Lipinski definition) is 1. The molecule has 1 amide bonds. The number of benzene rings is 1. The molecule has 0 spiro atoms. The van der Waals surface area contributed by atoms with E-state index < -0.39 is 0 Å². The largest absolute Gasteiger partial charge is 0.472 e. The number of aryl methyl sites for hydroxylation is 3. The molecule has 2 aromatic heterocycles. The van der Waals surface area contributed by atoms with Gasteiger partial charge in [-0.3, -0.25) is 9.78 Å². The van der Waals surface area contributed by atoms with Crippen LogP contribution in [0.2, 0.25) is 0 Å². The number of nitrogens with one attached hydrogen (secondary N) is 1. The van der Waals surface area contributed by atoms with Gasteiger partial charge in [-0.25, -0.2) is 4.63 Å². The Morgan fingerprint density at radius 2 is 2.08 bits per heavy atom. The molecule has 0 atom stereocenters. The highest BCUT2D eigenvalue weighted by Crippen LogP contribution is 2.20. The third-order valence-corrected chi connectivity index (χ3v) is 3.89. The lowest BCUT2D eigenvalue weighted by atomic mass is 10.0. The Morgan fingerprint density at radius 1 is 1.24 bits per heavy atom. The lowest BCUT2D eigenvalue weighted by Crippen LogP contribution is -2.28. The molecular weight excluding hydrogens is 320 g/mol. The number of pyridine rings is 1. The Morgan fingerprint density at radius 3 is 2.80 bits per heavy atom. The van der Waals surface area contributed by atoms with Gasteiger partial charge in [0.15, 0.2) is 0 Å². The fourth-order valence-electron chi connectivity index (χ4n) is 2.58. The van der Waals surface area contributed by atoms with Crippen LogP contribution >= 0.6 is 0 Å². The summed E-state index contributed by atoms with van der Waals surface area (Å²) in [6, 6.07) is 7.83. The average molecular weight is 340 g/mol. The minimum atomic E-state index is -0.151. The molecule has 1 N–H and O–H groups in total. The van der Waals surface area contributed by atoms with Gasteiger partial charge in [-0.05, 0) is 49.2 Å². The van der Waals surface area contributed by atoms with Crippen LogP contribution in [-0.4, -0.2) is 34.4 Å². The monoisotopic (exact) mass is 340 g/mol. The van der Waals surface area contributed by atoms with Crippen molar-refractivity contribution in [2.45, 2.75) is 27.2 Å². The van der Waals surface area contributed by atoms with Crippen LogP contribution in [0.3, 0.4) is 0 Å². The summed E-state index contributed by atoms with van der Waals surface area (Å²) >= 11 is 0. The fraction of sp³-hybridized carbons (Fsp3) is 0.333. The number of fused-ring (bicyclic) bond motifs is 1. The number of carbonyl (C=O) groups excluding carboxylic acids is 1. The predicted octanol–water partition coefficient (Wildman–Crippen LogP) is 2.61. The molecule has 0 radical (unpaired) electrons. The van der Waals surface area contributed by atoms with Crippen molar-refractivity contribution in [3.63, 3.8) is 0 Å². The number of amides is 1. The summed E-state index contributed by atoms with van der Waals surface area (Å²) in [6.45, 7) is 6.33. The maximum Gasteiger partial charge on any atom is 0.278 e. The molecular formula is C18H20N4O3. The van der Waals surface area contributed by atoms with E-state index in [1.54, 1.807) is 6.92 Å². The predicted molar refractivity (Wildman–Crippen MR) is 92.7 cm³/mol. The van der Waals surface area contributed by atoms with Gasteiger partial charge >= 0.3 is 0 Å². The van der Waals surface area contributed by atoms with Gasteiger partial charge in [-0.2, -0.15) is 0 Å². The first-order valence-corrected chi connectivity index (χ1v) is 8.19. The molecule has 0 bridgehead atoms. The number of rotatable bonds is 6. The number of nitrogens with zero attached hydrogens (tertiary/aromatic N) is 3. The maximum atomic E-state index is 12.6. The molecule has 0 fully saturated rings. The van der Waals surface area contributed by atoms with Crippen molar-refractivity contribution in [1.82, 2.24) is 20.6 Å². The van der Waals surface area contributed by atoms with Crippen molar-refractivity contribution >= 4 is 16.8 Å². The molecule has 7 nitrogen and oxygen atoms in total. The Bertz CT molecular complexity index is 904. The molecule has 130 valence electrons. The summed E-state index contributed by atoms with van der Waals surface area (Å²) in [7, 11) is 0. The first kappa shape index (κ1) is 16.9.